The lowest BCUT2D eigenvalue weighted by Crippen LogP contribution is -2.20. The third kappa shape index (κ3) is 2.61. The van der Waals surface area contributed by atoms with E-state index in [0.717, 1.165) is 11.1 Å². The molecule has 0 saturated carbocycles. The van der Waals surface area contributed by atoms with Gasteiger partial charge in [-0.25, -0.2) is 0 Å². The molecule has 0 bridgehead atoms. The van der Waals surface area contributed by atoms with E-state index in [1.807, 2.05) is 42.5 Å². The number of benzene rings is 2. The summed E-state index contributed by atoms with van der Waals surface area (Å²) >= 11 is 0. The molecule has 1 aliphatic rings. The van der Waals surface area contributed by atoms with E-state index in [1.54, 1.807) is 14.2 Å². The first-order valence-corrected chi connectivity index (χ1v) is 7.81. The highest BCUT2D eigenvalue weighted by Crippen LogP contribution is 2.40. The Labute approximate surface area is 144 Å². The van der Waals surface area contributed by atoms with Crippen LogP contribution in [0.5, 0.6) is 23.1 Å². The number of methoxy groups -OCH3 is 2. The van der Waals surface area contributed by atoms with Crippen LogP contribution in [0, 0.1) is 0 Å². The molecule has 1 aliphatic heterocycles. The number of rotatable bonds is 3. The largest absolute Gasteiger partial charge is 0.497 e. The first-order valence-electron chi connectivity index (χ1n) is 7.81. The number of aromatic nitrogens is 2. The van der Waals surface area contributed by atoms with Crippen molar-refractivity contribution in [1.29, 1.82) is 0 Å². The smallest absolute Gasteiger partial charge is 0.258 e. The number of ether oxygens (including phenoxy) is 3. The number of H-pyrrole nitrogens is 1. The van der Waals surface area contributed by atoms with Crippen LogP contribution in [-0.4, -0.2) is 24.2 Å². The first kappa shape index (κ1) is 15.3. The first-order chi connectivity index (χ1) is 12.2. The summed E-state index contributed by atoms with van der Waals surface area (Å²) in [6.45, 7) is 0. The number of para-hydroxylation sites is 1. The van der Waals surface area contributed by atoms with Crippen molar-refractivity contribution in [3.8, 4) is 34.5 Å². The summed E-state index contributed by atoms with van der Waals surface area (Å²) in [5, 5.41) is 0. The molecule has 0 atom stereocenters. The van der Waals surface area contributed by atoms with Crippen LogP contribution in [0.4, 0.5) is 0 Å². The van der Waals surface area contributed by atoms with Crippen LogP contribution in [0.15, 0.2) is 47.3 Å². The van der Waals surface area contributed by atoms with E-state index in [9.17, 15) is 4.79 Å². The van der Waals surface area contributed by atoms with Gasteiger partial charge in [-0.05, 0) is 18.2 Å². The Hall–Kier alpha value is -3.28. The summed E-state index contributed by atoms with van der Waals surface area (Å²) in [4.78, 5) is 19.9. The molecular weight excluding hydrogens is 320 g/mol. The average molecular weight is 336 g/mol. The Morgan fingerprint density at radius 2 is 1.96 bits per heavy atom. The molecule has 0 spiro atoms. The van der Waals surface area contributed by atoms with Gasteiger partial charge in [-0.1, -0.05) is 24.3 Å². The maximum absolute atomic E-state index is 12.5. The maximum atomic E-state index is 12.5. The predicted molar refractivity (Wildman–Crippen MR) is 92.7 cm³/mol. The molecule has 4 rings (SSSR count). The minimum absolute atomic E-state index is 0.212. The molecule has 6 nitrogen and oxygen atoms in total. The van der Waals surface area contributed by atoms with Crippen molar-refractivity contribution >= 4 is 0 Å². The van der Waals surface area contributed by atoms with Gasteiger partial charge in [-0.2, -0.15) is 4.98 Å². The highest BCUT2D eigenvalue weighted by molar-refractivity contribution is 5.60. The van der Waals surface area contributed by atoms with Crippen molar-refractivity contribution in [1.82, 2.24) is 9.97 Å². The number of hydrogen-bond donors (Lipinski definition) is 1. The van der Waals surface area contributed by atoms with E-state index >= 15 is 0 Å². The molecule has 1 N–H and O–H groups in total. The van der Waals surface area contributed by atoms with Gasteiger partial charge in [0.2, 0.25) is 5.88 Å². The van der Waals surface area contributed by atoms with Crippen molar-refractivity contribution in [2.24, 2.45) is 0 Å². The van der Waals surface area contributed by atoms with Crippen molar-refractivity contribution in [3.63, 3.8) is 0 Å². The average Bonchev–Trinajstić information content (AvgIpc) is 2.66. The van der Waals surface area contributed by atoms with Gasteiger partial charge in [0.05, 0.1) is 19.8 Å². The second-order valence-corrected chi connectivity index (χ2v) is 5.66. The maximum Gasteiger partial charge on any atom is 0.258 e. The van der Waals surface area contributed by atoms with Crippen LogP contribution in [0.25, 0.3) is 11.4 Å². The van der Waals surface area contributed by atoms with Crippen molar-refractivity contribution in [2.45, 2.75) is 6.42 Å². The number of aromatic amines is 1. The van der Waals surface area contributed by atoms with Crippen LogP contribution < -0.4 is 19.8 Å². The van der Waals surface area contributed by atoms with Crippen molar-refractivity contribution in [2.75, 3.05) is 14.2 Å². The molecule has 2 aromatic carbocycles. The molecule has 6 heteroatoms. The Morgan fingerprint density at radius 3 is 2.76 bits per heavy atom. The number of nitrogens with one attached hydrogen (secondary N) is 1. The molecule has 0 radical (unpaired) electrons. The zero-order chi connectivity index (χ0) is 17.4. The molecule has 1 aromatic heterocycles. The zero-order valence-electron chi connectivity index (χ0n) is 13.8. The lowest BCUT2D eigenvalue weighted by Gasteiger charge is -2.20. The third-order valence-corrected chi connectivity index (χ3v) is 4.17. The fourth-order valence-electron chi connectivity index (χ4n) is 2.89. The highest BCUT2D eigenvalue weighted by atomic mass is 16.5. The van der Waals surface area contributed by atoms with Crippen LogP contribution in [-0.2, 0) is 6.42 Å². The topological polar surface area (TPSA) is 73.4 Å². The fraction of sp³-hybridized carbons (Fsp3) is 0.158. The Balaban J connectivity index is 1.82. The van der Waals surface area contributed by atoms with E-state index in [-0.39, 0.29) is 5.56 Å². The number of nitrogens with zero attached hydrogens (tertiary/aromatic N) is 1. The van der Waals surface area contributed by atoms with Gasteiger partial charge >= 0.3 is 0 Å². The summed E-state index contributed by atoms with van der Waals surface area (Å²) in [6, 6.07) is 12.9. The van der Waals surface area contributed by atoms with Crippen LogP contribution in [0.3, 0.4) is 0 Å². The number of fused-ring (bicyclic) bond motifs is 2. The molecular formula is C19H16N2O4. The van der Waals surface area contributed by atoms with Crippen LogP contribution in [0.1, 0.15) is 11.1 Å². The molecule has 2 heterocycles. The van der Waals surface area contributed by atoms with Gasteiger partial charge in [0.1, 0.15) is 11.6 Å². The van der Waals surface area contributed by atoms with Gasteiger partial charge in [0.15, 0.2) is 11.5 Å². The van der Waals surface area contributed by atoms with Gasteiger partial charge in [0.25, 0.3) is 5.56 Å². The van der Waals surface area contributed by atoms with Gasteiger partial charge < -0.3 is 19.2 Å². The minimum atomic E-state index is -0.212. The predicted octanol–water partition coefficient (Wildman–Crippen LogP) is 3.15. The van der Waals surface area contributed by atoms with Crippen molar-refractivity contribution in [3.05, 3.63) is 63.9 Å². The molecule has 0 unspecified atom stereocenters. The lowest BCUT2D eigenvalue weighted by atomic mass is 10.0. The van der Waals surface area contributed by atoms with Gasteiger partial charge in [-0.15, -0.1) is 0 Å². The molecule has 126 valence electrons. The van der Waals surface area contributed by atoms with Crippen molar-refractivity contribution < 1.29 is 14.2 Å². The molecule has 0 fully saturated rings. The number of hydrogen-bond acceptors (Lipinski definition) is 5. The van der Waals surface area contributed by atoms with Crippen LogP contribution in [0.2, 0.25) is 0 Å². The summed E-state index contributed by atoms with van der Waals surface area (Å²) < 4.78 is 16.5. The Morgan fingerprint density at radius 1 is 1.12 bits per heavy atom. The van der Waals surface area contributed by atoms with E-state index in [1.165, 1.54) is 0 Å². The fourth-order valence-corrected chi connectivity index (χ4v) is 2.89. The quantitative estimate of drug-likeness (QED) is 0.622. The summed E-state index contributed by atoms with van der Waals surface area (Å²) in [7, 11) is 3.18. The molecule has 0 aliphatic carbocycles. The van der Waals surface area contributed by atoms with E-state index in [0.29, 0.717) is 40.9 Å². The molecule has 3 aromatic rings. The zero-order valence-corrected chi connectivity index (χ0v) is 13.8. The minimum Gasteiger partial charge on any atom is -0.497 e. The van der Waals surface area contributed by atoms with Gasteiger partial charge in [-0.3, -0.25) is 4.79 Å². The second kappa shape index (κ2) is 5.98. The Bertz CT molecular complexity index is 1010. The molecule has 0 amide bonds. The molecule has 25 heavy (non-hydrogen) atoms. The van der Waals surface area contributed by atoms with Crippen LogP contribution >= 0.6 is 0 Å². The van der Waals surface area contributed by atoms with Gasteiger partial charge in [0, 0.05) is 17.5 Å². The second-order valence-electron chi connectivity index (χ2n) is 5.66. The Kier molecular flexibility index (Phi) is 3.65. The monoisotopic (exact) mass is 336 g/mol. The normalized spacial score (nSPS) is 11.9. The van der Waals surface area contributed by atoms with E-state index in [2.05, 4.69) is 9.97 Å². The lowest BCUT2D eigenvalue weighted by molar-refractivity contribution is 0.365. The standard InChI is InChI=1S/C19H16N2O4/c1-23-13-7-3-6-12(9-13)17-20-18(22)14-10-11-5-4-8-15(24-2)16(11)25-19(14)21-17/h3-9H,10H2,1-2H3,(H,20,21,22). The highest BCUT2D eigenvalue weighted by Gasteiger charge is 2.25. The van der Waals surface area contributed by atoms with E-state index < -0.39 is 0 Å². The molecule has 0 saturated heterocycles. The SMILES string of the molecule is COc1cccc(-c2nc3c(c(=O)[nH]2)Cc2cccc(OC)c2O3)c1. The summed E-state index contributed by atoms with van der Waals surface area (Å²) in [5.41, 5.74) is 1.94. The third-order valence-electron chi connectivity index (χ3n) is 4.17. The summed E-state index contributed by atoms with van der Waals surface area (Å²) in [5.74, 6) is 2.64. The summed E-state index contributed by atoms with van der Waals surface area (Å²) in [6.07, 6.45) is 0.447. The van der Waals surface area contributed by atoms with E-state index in [4.69, 9.17) is 14.2 Å².